The summed E-state index contributed by atoms with van der Waals surface area (Å²) < 4.78 is 5.57. The minimum atomic E-state index is -0.576. The smallest absolute Gasteiger partial charge is 0.145 e. The molecule has 5 nitrogen and oxygen atoms in total. The number of halogens is 2. The molecular formula is C23H28Cl2N2O3. The summed E-state index contributed by atoms with van der Waals surface area (Å²) in [5.74, 6) is 0. The molecule has 2 aromatic rings. The van der Waals surface area contributed by atoms with Gasteiger partial charge in [-0.25, -0.2) is 0 Å². The zero-order valence-corrected chi connectivity index (χ0v) is 18.8. The van der Waals surface area contributed by atoms with Gasteiger partial charge in [0.2, 0.25) is 0 Å². The zero-order chi connectivity index (χ0) is 21.5. The molecule has 0 radical (unpaired) electrons. The van der Waals surface area contributed by atoms with E-state index in [0.717, 1.165) is 11.3 Å². The summed E-state index contributed by atoms with van der Waals surface area (Å²) in [7, 11) is 0. The van der Waals surface area contributed by atoms with Gasteiger partial charge in [0.25, 0.3) is 0 Å². The van der Waals surface area contributed by atoms with Crippen LogP contribution in [0.1, 0.15) is 31.4 Å². The normalized spacial score (nSPS) is 17.3. The lowest BCUT2D eigenvalue weighted by molar-refractivity contribution is -0.0194. The van der Waals surface area contributed by atoms with Gasteiger partial charge < -0.3 is 14.7 Å². The van der Waals surface area contributed by atoms with Gasteiger partial charge >= 0.3 is 0 Å². The number of ether oxygens (including phenoxy) is 1. The molecule has 0 saturated carbocycles. The minimum absolute atomic E-state index is 0.0857. The molecule has 0 unspecified atom stereocenters. The van der Waals surface area contributed by atoms with Crippen LogP contribution in [0, 0.1) is 0 Å². The van der Waals surface area contributed by atoms with Crippen LogP contribution in [0.4, 0.5) is 0 Å². The van der Waals surface area contributed by atoms with Crippen LogP contribution in [-0.2, 0) is 16.1 Å². The second-order valence-corrected chi connectivity index (χ2v) is 8.63. The number of hydrogen-bond donors (Lipinski definition) is 1. The van der Waals surface area contributed by atoms with E-state index in [1.807, 2.05) is 44.2 Å². The first-order chi connectivity index (χ1) is 14.4. The lowest BCUT2D eigenvalue weighted by Gasteiger charge is -2.27. The average molecular weight is 451 g/mol. The van der Waals surface area contributed by atoms with Crippen molar-refractivity contribution in [3.05, 3.63) is 69.7 Å². The highest BCUT2D eigenvalue weighted by Gasteiger charge is 2.26. The molecule has 1 heterocycles. The summed E-state index contributed by atoms with van der Waals surface area (Å²) >= 11 is 12.1. The quantitative estimate of drug-likeness (QED) is 0.565. The number of benzene rings is 2. The summed E-state index contributed by atoms with van der Waals surface area (Å²) in [6.07, 6.45) is 0.0777. The molecule has 7 heteroatoms. The predicted octanol–water partition coefficient (Wildman–Crippen LogP) is 4.77. The van der Waals surface area contributed by atoms with Crippen LogP contribution in [0.3, 0.4) is 0 Å². The Labute approximate surface area is 188 Å². The molecule has 0 aromatic heterocycles. The van der Waals surface area contributed by atoms with E-state index in [4.69, 9.17) is 32.8 Å². The fraction of sp³-hybridized carbons (Fsp3) is 0.435. The second kappa shape index (κ2) is 11.1. The molecule has 162 valence electrons. The van der Waals surface area contributed by atoms with Crippen molar-refractivity contribution in [3.63, 3.8) is 0 Å². The van der Waals surface area contributed by atoms with Crippen molar-refractivity contribution < 1.29 is 14.7 Å². The van der Waals surface area contributed by atoms with Crippen LogP contribution < -0.4 is 0 Å². The van der Waals surface area contributed by atoms with E-state index in [9.17, 15) is 5.11 Å². The van der Waals surface area contributed by atoms with Crippen LogP contribution in [0.15, 0.2) is 53.7 Å². The summed E-state index contributed by atoms with van der Waals surface area (Å²) in [5.41, 5.74) is 2.94. The Hall–Kier alpha value is -1.63. The maximum atomic E-state index is 10.4. The molecule has 0 saturated heterocycles. The Bertz CT molecular complexity index is 846. The molecule has 0 amide bonds. The van der Waals surface area contributed by atoms with E-state index >= 15 is 0 Å². The molecule has 0 aliphatic carbocycles. The van der Waals surface area contributed by atoms with E-state index in [2.05, 4.69) is 22.2 Å². The number of rotatable bonds is 10. The number of oxime groups is 1. The van der Waals surface area contributed by atoms with Crippen molar-refractivity contribution in [1.82, 2.24) is 4.90 Å². The lowest BCUT2D eigenvalue weighted by atomic mass is 10.0. The SMILES string of the molecule is CC(C)OC[C@H](O)CN(Cc1ccccc1)C[C@@H]1CC(c2ccc(Cl)c(Cl)c2)=NO1. The maximum Gasteiger partial charge on any atom is 0.145 e. The number of aliphatic hydroxyl groups is 1. The largest absolute Gasteiger partial charge is 0.390 e. The van der Waals surface area contributed by atoms with Gasteiger partial charge in [0.05, 0.1) is 34.6 Å². The third-order valence-electron chi connectivity index (χ3n) is 4.79. The van der Waals surface area contributed by atoms with Crippen LogP contribution in [0.25, 0.3) is 0 Å². The van der Waals surface area contributed by atoms with Gasteiger partial charge in [-0.2, -0.15) is 0 Å². The summed E-state index contributed by atoms with van der Waals surface area (Å²) in [6.45, 7) is 6.07. The van der Waals surface area contributed by atoms with Crippen molar-refractivity contribution in [2.45, 2.75) is 45.1 Å². The van der Waals surface area contributed by atoms with E-state index < -0.39 is 6.10 Å². The highest BCUT2D eigenvalue weighted by molar-refractivity contribution is 6.42. The average Bonchev–Trinajstić information content (AvgIpc) is 3.17. The van der Waals surface area contributed by atoms with Crippen molar-refractivity contribution in [2.24, 2.45) is 5.16 Å². The molecule has 3 rings (SSSR count). The van der Waals surface area contributed by atoms with E-state index in [0.29, 0.717) is 42.7 Å². The molecule has 2 aromatic carbocycles. The van der Waals surface area contributed by atoms with E-state index in [-0.39, 0.29) is 12.2 Å². The van der Waals surface area contributed by atoms with Gasteiger partial charge in [0, 0.05) is 31.6 Å². The fourth-order valence-electron chi connectivity index (χ4n) is 3.36. The van der Waals surface area contributed by atoms with Crippen LogP contribution in [0.5, 0.6) is 0 Å². The van der Waals surface area contributed by atoms with Crippen molar-refractivity contribution in [2.75, 3.05) is 19.7 Å². The Morgan fingerprint density at radius 1 is 1.17 bits per heavy atom. The maximum absolute atomic E-state index is 10.4. The number of aliphatic hydroxyl groups excluding tert-OH is 1. The summed E-state index contributed by atoms with van der Waals surface area (Å²) in [5, 5.41) is 15.7. The first kappa shape index (κ1) is 23.0. The van der Waals surface area contributed by atoms with Crippen LogP contribution >= 0.6 is 23.2 Å². The number of nitrogens with zero attached hydrogens (tertiary/aromatic N) is 2. The third kappa shape index (κ3) is 6.96. The molecule has 30 heavy (non-hydrogen) atoms. The molecular weight excluding hydrogens is 423 g/mol. The molecule has 2 atom stereocenters. The molecule has 1 aliphatic rings. The fourth-order valence-corrected chi connectivity index (χ4v) is 3.66. The van der Waals surface area contributed by atoms with Gasteiger partial charge in [-0.05, 0) is 31.5 Å². The summed E-state index contributed by atoms with van der Waals surface area (Å²) in [6, 6.07) is 15.7. The first-order valence-corrected chi connectivity index (χ1v) is 10.9. The monoisotopic (exact) mass is 450 g/mol. The Balaban J connectivity index is 1.61. The topological polar surface area (TPSA) is 54.3 Å². The molecule has 1 aliphatic heterocycles. The highest BCUT2D eigenvalue weighted by Crippen LogP contribution is 2.26. The standard InChI is InChI=1S/C23H28Cl2N2O3/c1-16(2)29-15-19(28)13-27(12-17-6-4-3-5-7-17)14-20-11-23(26-30-20)18-8-9-21(24)22(25)10-18/h3-10,16,19-20,28H,11-15H2,1-2H3/t19-,20+/m1/s1. The van der Waals surface area contributed by atoms with E-state index in [1.165, 1.54) is 5.56 Å². The predicted molar refractivity (Wildman–Crippen MR) is 121 cm³/mol. The number of hydrogen-bond acceptors (Lipinski definition) is 5. The summed E-state index contributed by atoms with van der Waals surface area (Å²) in [4.78, 5) is 7.88. The third-order valence-corrected chi connectivity index (χ3v) is 5.53. The lowest BCUT2D eigenvalue weighted by Crippen LogP contribution is -2.39. The molecule has 0 fully saturated rings. The van der Waals surface area contributed by atoms with Crippen LogP contribution in [0.2, 0.25) is 10.0 Å². The Morgan fingerprint density at radius 2 is 1.93 bits per heavy atom. The van der Waals surface area contributed by atoms with E-state index in [1.54, 1.807) is 6.07 Å². The van der Waals surface area contributed by atoms with Crippen molar-refractivity contribution in [3.8, 4) is 0 Å². The highest BCUT2D eigenvalue weighted by atomic mass is 35.5. The Kier molecular flexibility index (Phi) is 8.54. The van der Waals surface area contributed by atoms with Gasteiger partial charge in [-0.3, -0.25) is 4.90 Å². The van der Waals surface area contributed by atoms with Gasteiger partial charge in [0.15, 0.2) is 0 Å². The van der Waals surface area contributed by atoms with Crippen molar-refractivity contribution in [1.29, 1.82) is 0 Å². The van der Waals surface area contributed by atoms with Crippen LogP contribution in [-0.4, -0.2) is 53.7 Å². The zero-order valence-electron chi connectivity index (χ0n) is 17.3. The van der Waals surface area contributed by atoms with Crippen molar-refractivity contribution >= 4 is 28.9 Å². The molecule has 0 bridgehead atoms. The minimum Gasteiger partial charge on any atom is -0.390 e. The molecule has 0 spiro atoms. The first-order valence-electron chi connectivity index (χ1n) is 10.1. The van der Waals surface area contributed by atoms with Gasteiger partial charge in [-0.1, -0.05) is 64.8 Å². The Morgan fingerprint density at radius 3 is 2.63 bits per heavy atom. The van der Waals surface area contributed by atoms with Gasteiger partial charge in [-0.15, -0.1) is 0 Å². The molecule has 1 N–H and O–H groups in total. The van der Waals surface area contributed by atoms with Gasteiger partial charge in [0.1, 0.15) is 6.10 Å². The second-order valence-electron chi connectivity index (χ2n) is 7.81.